The summed E-state index contributed by atoms with van der Waals surface area (Å²) >= 11 is 0. The second-order valence-corrected chi connectivity index (χ2v) is 22.7. The summed E-state index contributed by atoms with van der Waals surface area (Å²) in [6.07, 6.45) is 5.19. The van der Waals surface area contributed by atoms with Gasteiger partial charge in [0.15, 0.2) is 11.7 Å². The summed E-state index contributed by atoms with van der Waals surface area (Å²) in [5, 5.41) is 17.8. The maximum atomic E-state index is 13.1. The first kappa shape index (κ1) is 63.5. The van der Waals surface area contributed by atoms with Crippen LogP contribution in [0, 0.1) is 5.92 Å². The third-order valence-corrected chi connectivity index (χ3v) is 13.0. The lowest BCUT2D eigenvalue weighted by atomic mass is 9.86. The highest BCUT2D eigenvalue weighted by atomic mass is 32.2. The first-order valence-electron chi connectivity index (χ1n) is 25.4. The Balaban J connectivity index is 1.02. The van der Waals surface area contributed by atoms with Crippen LogP contribution >= 0.6 is 0 Å². The molecular weight excluding hydrogens is 1040 g/mol. The van der Waals surface area contributed by atoms with E-state index in [9.17, 15) is 45.1 Å². The molecule has 0 fully saturated rings. The standard InChI is InChI=1S/C51H75N9O15S2/c1-50(2,3)75-48(64)41(36-76(65,66)67)47(63)60(52)43(37-77(68,69)70)46(62)54-25-17-28-72-31-33-73-32-30-71-27-16-24-53-44(61)22-12-14-26-59-49(56-57-58-59)51(4,5)23-13-15-29-74-45-35-40(38-18-8-6-9-19-38)34-42(55-45)39-20-10-7-11-21-39/h6-11,18-21,34-35,41,43H,12-17,22-33,36-37,52H2,1-5H3,(H,53,61)(H,54,62)(H,65,66,67)(H,68,69,70)/t41-,43+/m1/s1. The molecule has 2 heterocycles. The largest absolute Gasteiger partial charge is 0.478 e. The van der Waals surface area contributed by atoms with Crippen molar-refractivity contribution in [3.63, 3.8) is 0 Å². The molecule has 4 aromatic rings. The molecule has 0 saturated carbocycles. The van der Waals surface area contributed by atoms with Crippen LogP contribution in [0.5, 0.6) is 5.88 Å². The number of nitrogens with one attached hydrogen (secondary N) is 2. The number of rotatable bonds is 36. The van der Waals surface area contributed by atoms with Gasteiger partial charge in [0.1, 0.15) is 17.4 Å². The summed E-state index contributed by atoms with van der Waals surface area (Å²) < 4.78 is 94.9. The zero-order valence-corrected chi connectivity index (χ0v) is 46.1. The number of unbranched alkanes of at least 4 members (excludes halogenated alkanes) is 2. The summed E-state index contributed by atoms with van der Waals surface area (Å²) in [4.78, 5) is 55.9. The molecule has 3 amide bonds. The molecular formula is C51H75N9O15S2. The number of hydrogen-bond donors (Lipinski definition) is 5. The number of ether oxygens (including phenoxy) is 5. The first-order valence-corrected chi connectivity index (χ1v) is 28.7. The molecule has 77 heavy (non-hydrogen) atoms. The third kappa shape index (κ3) is 24.5. The van der Waals surface area contributed by atoms with E-state index >= 15 is 0 Å². The van der Waals surface area contributed by atoms with E-state index in [-0.39, 0.29) is 49.1 Å². The van der Waals surface area contributed by atoms with Crippen molar-refractivity contribution in [3.05, 3.63) is 78.6 Å². The topological polar surface area (TPSA) is 333 Å². The van der Waals surface area contributed by atoms with Crippen molar-refractivity contribution in [2.24, 2.45) is 11.8 Å². The van der Waals surface area contributed by atoms with Crippen molar-refractivity contribution in [2.75, 3.05) is 70.8 Å². The van der Waals surface area contributed by atoms with Gasteiger partial charge < -0.3 is 34.3 Å². The Kier molecular flexibility index (Phi) is 25.9. The second kappa shape index (κ2) is 31.4. The Labute approximate surface area is 450 Å². The maximum Gasteiger partial charge on any atom is 0.320 e. The van der Waals surface area contributed by atoms with Crippen molar-refractivity contribution in [1.29, 1.82) is 0 Å². The molecule has 0 unspecified atom stereocenters. The van der Waals surface area contributed by atoms with Gasteiger partial charge in [0.2, 0.25) is 17.7 Å². The van der Waals surface area contributed by atoms with Crippen LogP contribution in [-0.4, -0.2) is 162 Å². The van der Waals surface area contributed by atoms with Crippen LogP contribution in [-0.2, 0) is 70.3 Å². The van der Waals surface area contributed by atoms with E-state index in [1.165, 1.54) is 20.8 Å². The predicted molar refractivity (Wildman–Crippen MR) is 284 cm³/mol. The Hall–Kier alpha value is -6.00. The van der Waals surface area contributed by atoms with E-state index in [4.69, 9.17) is 34.5 Å². The summed E-state index contributed by atoms with van der Waals surface area (Å²) in [5.41, 5.74) is 2.54. The van der Waals surface area contributed by atoms with Gasteiger partial charge >= 0.3 is 5.97 Å². The lowest BCUT2D eigenvalue weighted by Gasteiger charge is -2.29. The molecule has 26 heteroatoms. The monoisotopic (exact) mass is 1120 g/mol. The van der Waals surface area contributed by atoms with Gasteiger partial charge in [0, 0.05) is 56.3 Å². The highest BCUT2D eigenvalue weighted by Gasteiger charge is 2.41. The van der Waals surface area contributed by atoms with Crippen molar-refractivity contribution in [1.82, 2.24) is 40.8 Å². The zero-order chi connectivity index (χ0) is 56.5. The Morgan fingerprint density at radius 3 is 1.88 bits per heavy atom. The molecule has 426 valence electrons. The number of hydrazine groups is 1. The Bertz CT molecular complexity index is 2630. The molecule has 0 aliphatic carbocycles. The molecule has 4 rings (SSSR count). The van der Waals surface area contributed by atoms with Crippen LogP contribution in [0.25, 0.3) is 22.4 Å². The van der Waals surface area contributed by atoms with Crippen LogP contribution in [0.1, 0.15) is 91.8 Å². The molecule has 0 aliphatic rings. The highest BCUT2D eigenvalue weighted by molar-refractivity contribution is 7.86. The van der Waals surface area contributed by atoms with Crippen molar-refractivity contribution < 1.29 is 68.8 Å². The van der Waals surface area contributed by atoms with Crippen molar-refractivity contribution in [3.8, 4) is 28.3 Å². The number of nitrogens with zero attached hydrogens (tertiary/aromatic N) is 6. The summed E-state index contributed by atoms with van der Waals surface area (Å²) in [5.74, 6) is -2.16. The van der Waals surface area contributed by atoms with Gasteiger partial charge in [0.05, 0.1) is 44.5 Å². The van der Waals surface area contributed by atoms with Crippen LogP contribution in [0.15, 0.2) is 72.8 Å². The number of nitrogens with two attached hydrogens (primary N) is 1. The Morgan fingerprint density at radius 1 is 0.701 bits per heavy atom. The quantitative estimate of drug-likeness (QED) is 0.00818. The van der Waals surface area contributed by atoms with E-state index < -0.39 is 67.1 Å². The fourth-order valence-corrected chi connectivity index (χ4v) is 9.06. The molecule has 2 aromatic heterocycles. The number of hydrogen-bond acceptors (Lipinski definition) is 18. The average molecular weight is 1120 g/mol. The van der Waals surface area contributed by atoms with E-state index in [0.29, 0.717) is 64.7 Å². The van der Waals surface area contributed by atoms with Crippen LogP contribution in [0.2, 0.25) is 0 Å². The lowest BCUT2D eigenvalue weighted by Crippen LogP contribution is -2.59. The van der Waals surface area contributed by atoms with Gasteiger partial charge in [-0.15, -0.1) is 5.10 Å². The number of carbonyl (C=O) groups excluding carboxylic acids is 4. The van der Waals surface area contributed by atoms with Crippen molar-refractivity contribution >= 4 is 43.9 Å². The van der Waals surface area contributed by atoms with Gasteiger partial charge in [-0.2, -0.15) is 16.8 Å². The van der Waals surface area contributed by atoms with Gasteiger partial charge in [0.25, 0.3) is 26.1 Å². The van der Waals surface area contributed by atoms with Gasteiger partial charge in [-0.1, -0.05) is 74.5 Å². The minimum Gasteiger partial charge on any atom is -0.478 e. The molecule has 2 aromatic carbocycles. The van der Waals surface area contributed by atoms with E-state index in [1.807, 2.05) is 59.3 Å². The lowest BCUT2D eigenvalue weighted by molar-refractivity contribution is -0.165. The first-order chi connectivity index (χ1) is 36.4. The number of benzene rings is 2. The highest BCUT2D eigenvalue weighted by Crippen LogP contribution is 2.30. The van der Waals surface area contributed by atoms with Crippen molar-refractivity contribution in [2.45, 2.75) is 110 Å². The zero-order valence-electron chi connectivity index (χ0n) is 44.5. The van der Waals surface area contributed by atoms with E-state index in [0.717, 1.165) is 53.9 Å². The molecule has 24 nitrogen and oxygen atoms in total. The summed E-state index contributed by atoms with van der Waals surface area (Å²) in [6, 6.07) is 22.2. The van der Waals surface area contributed by atoms with Crippen LogP contribution in [0.4, 0.5) is 0 Å². The summed E-state index contributed by atoms with van der Waals surface area (Å²) in [7, 11) is -9.90. The fraction of sp³-hybridized carbons (Fsp3) is 0.569. The number of aryl methyl sites for hydroxylation is 1. The van der Waals surface area contributed by atoms with Gasteiger partial charge in [-0.25, -0.2) is 15.5 Å². The molecule has 6 N–H and O–H groups in total. The molecule has 0 bridgehead atoms. The number of amides is 3. The minimum atomic E-state index is -4.97. The molecule has 0 aliphatic heterocycles. The fourth-order valence-electron chi connectivity index (χ4n) is 7.65. The maximum absolute atomic E-state index is 13.1. The summed E-state index contributed by atoms with van der Waals surface area (Å²) in [6.45, 7) is 11.6. The molecule has 0 spiro atoms. The smallest absolute Gasteiger partial charge is 0.320 e. The SMILES string of the molecule is CC(C)(C)OC(=O)[C@H](CS(=O)(=O)O)C(=O)N(N)[C@@H](CS(=O)(=O)O)C(=O)NCCCOCCOCCOCCCNC(=O)CCCCn1nnnc1C(C)(C)CCCCOc1cc(-c2ccccc2)cc(-c2ccccc2)n1. The van der Waals surface area contributed by atoms with Crippen LogP contribution in [0.3, 0.4) is 0 Å². The second-order valence-electron chi connectivity index (χ2n) is 19.7. The van der Waals surface area contributed by atoms with E-state index in [2.05, 4.69) is 58.2 Å². The van der Waals surface area contributed by atoms with E-state index in [1.54, 1.807) is 0 Å². The Morgan fingerprint density at radius 2 is 1.29 bits per heavy atom. The molecule has 0 radical (unpaired) electrons. The number of pyridine rings is 1. The number of aromatic nitrogens is 5. The minimum absolute atomic E-state index is 0.00631. The number of esters is 1. The number of carbonyl (C=O) groups is 4. The van der Waals surface area contributed by atoms with Gasteiger partial charge in [-0.3, -0.25) is 33.3 Å². The molecule has 0 saturated heterocycles. The van der Waals surface area contributed by atoms with Gasteiger partial charge in [-0.05, 0) is 93.3 Å². The molecule has 2 atom stereocenters. The third-order valence-electron chi connectivity index (χ3n) is 11.5. The number of tetrazole rings is 1. The normalized spacial score (nSPS) is 12.9. The predicted octanol–water partition coefficient (Wildman–Crippen LogP) is 3.97. The average Bonchev–Trinajstić information content (AvgIpc) is 3.86. The van der Waals surface area contributed by atoms with Crippen LogP contribution < -0.4 is 21.2 Å².